The Kier molecular flexibility index (Phi) is 5.60. The highest BCUT2D eigenvalue weighted by Crippen LogP contribution is 2.34. The van der Waals surface area contributed by atoms with E-state index >= 15 is 0 Å². The summed E-state index contributed by atoms with van der Waals surface area (Å²) in [6, 6.07) is 10.5. The summed E-state index contributed by atoms with van der Waals surface area (Å²) in [5, 5.41) is 0. The summed E-state index contributed by atoms with van der Waals surface area (Å²) in [5.41, 5.74) is 1.71. The van der Waals surface area contributed by atoms with E-state index in [0.29, 0.717) is 31.9 Å². The zero-order chi connectivity index (χ0) is 18.7. The van der Waals surface area contributed by atoms with E-state index in [1.165, 1.54) is 28.6 Å². The number of fused-ring (bicyclic) bond motifs is 1. The van der Waals surface area contributed by atoms with Crippen LogP contribution in [0.5, 0.6) is 5.75 Å². The molecule has 2 aromatic rings. The number of hydrogen-bond acceptors (Lipinski definition) is 4. The maximum atomic E-state index is 13.6. The fraction of sp³-hybridized carbons (Fsp3) is 0.368. The van der Waals surface area contributed by atoms with Gasteiger partial charge in [-0.25, -0.2) is 12.8 Å². The fourth-order valence-electron chi connectivity index (χ4n) is 3.18. The van der Waals surface area contributed by atoms with Crippen molar-refractivity contribution < 1.29 is 22.3 Å². The zero-order valence-corrected chi connectivity index (χ0v) is 15.6. The van der Waals surface area contributed by atoms with E-state index in [4.69, 9.17) is 9.47 Å². The van der Waals surface area contributed by atoms with Gasteiger partial charge in [0.25, 0.3) is 0 Å². The minimum absolute atomic E-state index is 0.197. The van der Waals surface area contributed by atoms with Gasteiger partial charge in [-0.15, -0.1) is 0 Å². The Morgan fingerprint density at radius 1 is 1.15 bits per heavy atom. The number of ether oxygens (including phenoxy) is 2. The zero-order valence-electron chi connectivity index (χ0n) is 14.8. The lowest BCUT2D eigenvalue weighted by atomic mass is 9.95. The number of nitrogens with zero attached hydrogens (tertiary/aromatic N) is 1. The van der Waals surface area contributed by atoms with Crippen LogP contribution in [0.1, 0.15) is 24.1 Å². The highest BCUT2D eigenvalue weighted by atomic mass is 32.2. The molecule has 0 bridgehead atoms. The van der Waals surface area contributed by atoms with E-state index in [9.17, 15) is 12.8 Å². The number of benzene rings is 2. The molecule has 1 atom stereocenters. The molecule has 0 N–H and O–H groups in total. The molecule has 0 saturated carbocycles. The number of halogens is 1. The van der Waals surface area contributed by atoms with Gasteiger partial charge in [0.05, 0.1) is 11.5 Å². The predicted molar refractivity (Wildman–Crippen MR) is 96.2 cm³/mol. The molecule has 0 spiro atoms. The highest BCUT2D eigenvalue weighted by Gasteiger charge is 2.34. The van der Waals surface area contributed by atoms with Crippen LogP contribution < -0.4 is 4.74 Å². The maximum absolute atomic E-state index is 13.6. The van der Waals surface area contributed by atoms with Gasteiger partial charge >= 0.3 is 0 Å². The number of hydrogen-bond donors (Lipinski definition) is 0. The van der Waals surface area contributed by atoms with Crippen LogP contribution in [0.25, 0.3) is 0 Å². The van der Waals surface area contributed by atoms with E-state index < -0.39 is 16.1 Å². The maximum Gasteiger partial charge on any atom is 0.243 e. The van der Waals surface area contributed by atoms with Crippen LogP contribution in [0.15, 0.2) is 47.4 Å². The molecular weight excluding hydrogens is 357 g/mol. The van der Waals surface area contributed by atoms with Gasteiger partial charge in [0.1, 0.15) is 18.2 Å². The van der Waals surface area contributed by atoms with E-state index in [0.717, 1.165) is 11.1 Å². The topological polar surface area (TPSA) is 55.8 Å². The lowest BCUT2D eigenvalue weighted by Crippen LogP contribution is -2.38. The number of sulfonamides is 1. The van der Waals surface area contributed by atoms with Crippen molar-refractivity contribution in [3.05, 3.63) is 59.4 Å². The first kappa shape index (κ1) is 18.8. The number of methoxy groups -OCH3 is 1. The molecule has 140 valence electrons. The van der Waals surface area contributed by atoms with Crippen molar-refractivity contribution in [3.8, 4) is 5.75 Å². The van der Waals surface area contributed by atoms with Crippen LogP contribution in [-0.2, 0) is 21.2 Å². The first-order chi connectivity index (χ1) is 12.4. The molecule has 1 aliphatic rings. The Morgan fingerprint density at radius 3 is 2.58 bits per heavy atom. The Hall–Kier alpha value is -1.96. The SMILES string of the molecule is COCCOc1ccc(S(=O)(=O)N2CCc3ccc(F)cc3C2C)cc1. The molecule has 7 heteroatoms. The van der Waals surface area contributed by atoms with Crippen LogP contribution in [-0.4, -0.2) is 39.6 Å². The van der Waals surface area contributed by atoms with Gasteiger partial charge in [-0.1, -0.05) is 6.07 Å². The van der Waals surface area contributed by atoms with Crippen molar-refractivity contribution in [2.45, 2.75) is 24.3 Å². The molecule has 0 aliphatic carbocycles. The van der Waals surface area contributed by atoms with Gasteiger partial charge in [0, 0.05) is 19.7 Å². The highest BCUT2D eigenvalue weighted by molar-refractivity contribution is 7.89. The van der Waals surface area contributed by atoms with Crippen LogP contribution in [0.4, 0.5) is 4.39 Å². The van der Waals surface area contributed by atoms with Crippen LogP contribution in [0, 0.1) is 5.82 Å². The molecule has 0 aromatic heterocycles. The van der Waals surface area contributed by atoms with Gasteiger partial charge in [-0.05, 0) is 60.9 Å². The lowest BCUT2D eigenvalue weighted by molar-refractivity contribution is 0.146. The standard InChI is InChI=1S/C19H22FNO4S/c1-14-19-13-16(20)4-3-15(19)9-10-21(14)26(22,23)18-7-5-17(6-8-18)25-12-11-24-2/h3-8,13-14H,9-12H2,1-2H3. The van der Waals surface area contributed by atoms with E-state index in [-0.39, 0.29) is 10.7 Å². The van der Waals surface area contributed by atoms with Gasteiger partial charge < -0.3 is 9.47 Å². The molecule has 3 rings (SSSR count). The van der Waals surface area contributed by atoms with Crippen LogP contribution >= 0.6 is 0 Å². The fourth-order valence-corrected chi connectivity index (χ4v) is 4.79. The van der Waals surface area contributed by atoms with Gasteiger partial charge in [0.2, 0.25) is 10.0 Å². The molecule has 1 aliphatic heterocycles. The Morgan fingerprint density at radius 2 is 1.88 bits per heavy atom. The molecule has 26 heavy (non-hydrogen) atoms. The number of rotatable bonds is 6. The van der Waals surface area contributed by atoms with Gasteiger partial charge in [0.15, 0.2) is 0 Å². The molecule has 0 amide bonds. The first-order valence-corrected chi connectivity index (χ1v) is 9.89. The normalized spacial score (nSPS) is 17.7. The third-order valence-corrected chi connectivity index (χ3v) is 6.56. The second-order valence-corrected chi connectivity index (χ2v) is 8.09. The summed E-state index contributed by atoms with van der Waals surface area (Å²) in [6.07, 6.45) is 0.567. The Bertz CT molecular complexity index is 868. The van der Waals surface area contributed by atoms with Crippen LogP contribution in [0.2, 0.25) is 0 Å². The van der Waals surface area contributed by atoms with Crippen molar-refractivity contribution in [2.75, 3.05) is 26.9 Å². The molecule has 0 saturated heterocycles. The predicted octanol–water partition coefficient (Wildman–Crippen LogP) is 3.16. The summed E-state index contributed by atoms with van der Waals surface area (Å²) < 4.78 is 51.5. The van der Waals surface area contributed by atoms with Gasteiger partial charge in [-0.3, -0.25) is 0 Å². The summed E-state index contributed by atoms with van der Waals surface area (Å²) >= 11 is 0. The quantitative estimate of drug-likeness (QED) is 0.724. The Labute approximate surface area is 153 Å². The van der Waals surface area contributed by atoms with Crippen molar-refractivity contribution in [2.24, 2.45) is 0 Å². The third-order valence-electron chi connectivity index (χ3n) is 4.58. The van der Waals surface area contributed by atoms with Crippen LogP contribution in [0.3, 0.4) is 0 Å². The van der Waals surface area contributed by atoms with Crippen molar-refractivity contribution in [1.82, 2.24) is 4.31 Å². The molecule has 1 heterocycles. The second kappa shape index (κ2) is 7.73. The third kappa shape index (κ3) is 3.75. The second-order valence-electron chi connectivity index (χ2n) is 6.20. The first-order valence-electron chi connectivity index (χ1n) is 8.45. The largest absolute Gasteiger partial charge is 0.491 e. The smallest absolute Gasteiger partial charge is 0.243 e. The average molecular weight is 379 g/mol. The summed E-state index contributed by atoms with van der Waals surface area (Å²) in [4.78, 5) is 0.197. The van der Waals surface area contributed by atoms with E-state index in [1.54, 1.807) is 32.2 Å². The molecule has 0 radical (unpaired) electrons. The summed E-state index contributed by atoms with van der Waals surface area (Å²) in [7, 11) is -2.09. The molecule has 5 nitrogen and oxygen atoms in total. The molecule has 1 unspecified atom stereocenters. The molecule has 2 aromatic carbocycles. The Balaban J connectivity index is 1.82. The van der Waals surface area contributed by atoms with E-state index in [2.05, 4.69) is 0 Å². The van der Waals surface area contributed by atoms with Gasteiger partial charge in [-0.2, -0.15) is 4.31 Å². The lowest BCUT2D eigenvalue weighted by Gasteiger charge is -2.34. The van der Waals surface area contributed by atoms with Crippen molar-refractivity contribution in [1.29, 1.82) is 0 Å². The minimum atomic E-state index is -3.68. The molecule has 0 fully saturated rings. The summed E-state index contributed by atoms with van der Waals surface area (Å²) in [5.74, 6) is 0.229. The van der Waals surface area contributed by atoms with Crippen molar-refractivity contribution in [3.63, 3.8) is 0 Å². The van der Waals surface area contributed by atoms with E-state index in [1.807, 2.05) is 0 Å². The van der Waals surface area contributed by atoms with Crippen molar-refractivity contribution >= 4 is 10.0 Å². The average Bonchev–Trinajstić information content (AvgIpc) is 2.63. The molecular formula is C19H22FNO4S. The summed E-state index contributed by atoms with van der Waals surface area (Å²) in [6.45, 7) is 3.01. The monoisotopic (exact) mass is 379 g/mol. The minimum Gasteiger partial charge on any atom is -0.491 e.